The first-order chi connectivity index (χ1) is 7.74. The van der Waals surface area contributed by atoms with Gasteiger partial charge in [-0.2, -0.15) is 0 Å². The molecule has 0 fully saturated rings. The molecule has 0 heterocycles. The summed E-state index contributed by atoms with van der Waals surface area (Å²) in [7, 11) is 0. The van der Waals surface area contributed by atoms with E-state index in [0.29, 0.717) is 6.61 Å². The minimum absolute atomic E-state index is 0.0785. The first-order valence-electron chi connectivity index (χ1n) is 4.97. The Morgan fingerprint density at radius 1 is 1.12 bits per heavy atom. The monoisotopic (exact) mass is 240 g/mol. The van der Waals surface area contributed by atoms with Crippen molar-refractivity contribution in [2.24, 2.45) is 0 Å². The van der Waals surface area contributed by atoms with Crippen molar-refractivity contribution >= 4 is 23.2 Å². The lowest BCUT2D eigenvalue weighted by atomic mass is 10.2. The van der Waals surface area contributed by atoms with Crippen LogP contribution in [0, 0.1) is 0 Å². The van der Waals surface area contributed by atoms with Gasteiger partial charge in [-0.1, -0.05) is 30.3 Å². The van der Waals surface area contributed by atoms with Crippen molar-refractivity contribution in [1.82, 2.24) is 0 Å². The lowest BCUT2D eigenvalue weighted by Crippen LogP contribution is -2.19. The van der Waals surface area contributed by atoms with Gasteiger partial charge in [0.15, 0.2) is 0 Å². The molecule has 0 saturated carbocycles. The summed E-state index contributed by atoms with van der Waals surface area (Å²) in [6.45, 7) is 0.158. The molecule has 0 unspecified atom stereocenters. The summed E-state index contributed by atoms with van der Waals surface area (Å²) in [5, 5.41) is 0. The predicted octanol–water partition coefficient (Wildman–Crippen LogP) is 1.97. The van der Waals surface area contributed by atoms with E-state index < -0.39 is 11.6 Å². The van der Waals surface area contributed by atoms with Crippen molar-refractivity contribution in [2.75, 3.05) is 12.5 Å². The topological polar surface area (TPSA) is 43.4 Å². The SMILES string of the molecule is O=C(CCCl)C(=O)COCc1ccccc1. The van der Waals surface area contributed by atoms with Crippen LogP contribution in [-0.4, -0.2) is 24.1 Å². The largest absolute Gasteiger partial charge is 0.368 e. The molecule has 86 valence electrons. The van der Waals surface area contributed by atoms with E-state index in [9.17, 15) is 9.59 Å². The fraction of sp³-hybridized carbons (Fsp3) is 0.333. The molecule has 0 N–H and O–H groups in total. The number of ether oxygens (including phenoxy) is 1. The van der Waals surface area contributed by atoms with Crippen molar-refractivity contribution in [1.29, 1.82) is 0 Å². The number of alkyl halides is 1. The highest BCUT2D eigenvalue weighted by Crippen LogP contribution is 2.00. The minimum atomic E-state index is -0.517. The summed E-state index contributed by atoms with van der Waals surface area (Å²) in [5.41, 5.74) is 0.972. The third kappa shape index (κ3) is 4.55. The molecule has 0 aliphatic heterocycles. The lowest BCUT2D eigenvalue weighted by molar-refractivity contribution is -0.139. The fourth-order valence-corrected chi connectivity index (χ4v) is 1.31. The maximum absolute atomic E-state index is 11.2. The van der Waals surface area contributed by atoms with E-state index in [1.165, 1.54) is 0 Å². The van der Waals surface area contributed by atoms with Crippen LogP contribution in [0.25, 0.3) is 0 Å². The van der Waals surface area contributed by atoms with E-state index >= 15 is 0 Å². The predicted molar refractivity (Wildman–Crippen MR) is 61.4 cm³/mol. The minimum Gasteiger partial charge on any atom is -0.368 e. The molecule has 3 nitrogen and oxygen atoms in total. The number of halogens is 1. The van der Waals surface area contributed by atoms with Crippen LogP contribution in [0.2, 0.25) is 0 Å². The molecule has 0 aliphatic rings. The number of hydrogen-bond donors (Lipinski definition) is 0. The molecule has 1 rings (SSSR count). The zero-order valence-corrected chi connectivity index (χ0v) is 9.57. The molecular formula is C12H13ClO3. The van der Waals surface area contributed by atoms with Gasteiger partial charge in [0.2, 0.25) is 11.6 Å². The fourth-order valence-electron chi connectivity index (χ4n) is 1.14. The van der Waals surface area contributed by atoms with E-state index in [2.05, 4.69) is 0 Å². The number of Topliss-reactive ketones (excluding diaryl/α,β-unsaturated/α-hetero) is 2. The Morgan fingerprint density at radius 3 is 2.44 bits per heavy atom. The molecule has 0 saturated heterocycles. The molecule has 1 aromatic rings. The molecule has 1 aromatic carbocycles. The highest BCUT2D eigenvalue weighted by atomic mass is 35.5. The summed E-state index contributed by atoms with van der Waals surface area (Å²) in [5.74, 6) is -0.817. The van der Waals surface area contributed by atoms with Crippen molar-refractivity contribution in [3.8, 4) is 0 Å². The van der Waals surface area contributed by atoms with Crippen molar-refractivity contribution < 1.29 is 14.3 Å². The normalized spacial score (nSPS) is 10.1. The number of ketones is 2. The van der Waals surface area contributed by atoms with E-state index in [0.717, 1.165) is 5.56 Å². The van der Waals surface area contributed by atoms with Gasteiger partial charge in [-0.3, -0.25) is 9.59 Å². The van der Waals surface area contributed by atoms with Gasteiger partial charge in [0, 0.05) is 12.3 Å². The summed E-state index contributed by atoms with van der Waals surface area (Å²) in [6, 6.07) is 9.47. The third-order valence-electron chi connectivity index (χ3n) is 1.98. The summed E-state index contributed by atoms with van der Waals surface area (Å²) in [4.78, 5) is 22.3. The highest BCUT2D eigenvalue weighted by Gasteiger charge is 2.12. The molecule has 0 aliphatic carbocycles. The van der Waals surface area contributed by atoms with Crippen molar-refractivity contribution in [2.45, 2.75) is 13.0 Å². The summed E-state index contributed by atoms with van der Waals surface area (Å²) in [6.07, 6.45) is 0.0785. The van der Waals surface area contributed by atoms with Gasteiger partial charge < -0.3 is 4.74 Å². The van der Waals surface area contributed by atoms with Gasteiger partial charge in [-0.05, 0) is 5.56 Å². The number of rotatable bonds is 7. The highest BCUT2D eigenvalue weighted by molar-refractivity contribution is 6.38. The van der Waals surface area contributed by atoms with Crippen molar-refractivity contribution in [3.05, 3.63) is 35.9 Å². The number of hydrogen-bond acceptors (Lipinski definition) is 3. The van der Waals surface area contributed by atoms with Gasteiger partial charge in [-0.25, -0.2) is 0 Å². The average Bonchev–Trinajstić information content (AvgIpc) is 2.30. The van der Waals surface area contributed by atoms with Crippen LogP contribution < -0.4 is 0 Å². The van der Waals surface area contributed by atoms with Gasteiger partial charge in [0.05, 0.1) is 6.61 Å². The van der Waals surface area contributed by atoms with Gasteiger partial charge in [-0.15, -0.1) is 11.6 Å². The van der Waals surface area contributed by atoms with Crippen LogP contribution in [0.4, 0.5) is 0 Å². The zero-order chi connectivity index (χ0) is 11.8. The van der Waals surface area contributed by atoms with Crippen molar-refractivity contribution in [3.63, 3.8) is 0 Å². The number of carbonyl (C=O) groups is 2. The van der Waals surface area contributed by atoms with Crippen LogP contribution in [0.5, 0.6) is 0 Å². The quantitative estimate of drug-likeness (QED) is 0.541. The molecule has 16 heavy (non-hydrogen) atoms. The maximum Gasteiger partial charge on any atom is 0.223 e. The maximum atomic E-state index is 11.2. The number of carbonyl (C=O) groups excluding carboxylic acids is 2. The summed E-state index contributed by atoms with van der Waals surface area (Å²) >= 11 is 5.36. The average molecular weight is 241 g/mol. The lowest BCUT2D eigenvalue weighted by Gasteiger charge is -2.02. The van der Waals surface area contributed by atoms with Gasteiger partial charge in [0.25, 0.3) is 0 Å². The first-order valence-corrected chi connectivity index (χ1v) is 5.51. The molecule has 0 aromatic heterocycles. The van der Waals surface area contributed by atoms with Crippen LogP contribution in [0.3, 0.4) is 0 Å². The Balaban J connectivity index is 2.26. The Hall–Kier alpha value is -1.19. The Kier molecular flexibility index (Phi) is 5.75. The molecule has 4 heteroatoms. The van der Waals surface area contributed by atoms with E-state index in [4.69, 9.17) is 16.3 Å². The zero-order valence-electron chi connectivity index (χ0n) is 8.82. The second-order valence-electron chi connectivity index (χ2n) is 3.26. The van der Waals surface area contributed by atoms with E-state index in [1.807, 2.05) is 30.3 Å². The smallest absolute Gasteiger partial charge is 0.223 e. The van der Waals surface area contributed by atoms with Gasteiger partial charge >= 0.3 is 0 Å². The third-order valence-corrected chi connectivity index (χ3v) is 2.17. The van der Waals surface area contributed by atoms with Crippen LogP contribution >= 0.6 is 11.6 Å². The molecule has 0 amide bonds. The van der Waals surface area contributed by atoms with Crippen LogP contribution in [0.1, 0.15) is 12.0 Å². The first kappa shape index (κ1) is 12.9. The molecular weight excluding hydrogens is 228 g/mol. The standard InChI is InChI=1S/C12H13ClO3/c13-7-6-11(14)12(15)9-16-8-10-4-2-1-3-5-10/h1-5H,6-9H2. The Labute approximate surface area is 99.4 Å². The van der Waals surface area contributed by atoms with Gasteiger partial charge in [0.1, 0.15) is 6.61 Å². The Morgan fingerprint density at radius 2 is 1.81 bits per heavy atom. The van der Waals surface area contributed by atoms with E-state index in [-0.39, 0.29) is 18.9 Å². The molecule has 0 bridgehead atoms. The molecule has 0 atom stereocenters. The summed E-state index contributed by atoms with van der Waals surface area (Å²) < 4.78 is 5.14. The molecule has 0 radical (unpaired) electrons. The second-order valence-corrected chi connectivity index (χ2v) is 3.64. The Bertz CT molecular complexity index is 349. The van der Waals surface area contributed by atoms with Crippen LogP contribution in [0.15, 0.2) is 30.3 Å². The van der Waals surface area contributed by atoms with Crippen LogP contribution in [-0.2, 0) is 20.9 Å². The van der Waals surface area contributed by atoms with E-state index in [1.54, 1.807) is 0 Å². The molecule has 0 spiro atoms. The second kappa shape index (κ2) is 7.14. The number of benzene rings is 1.